The number of hydrogen-bond acceptors (Lipinski definition) is 3. The van der Waals surface area contributed by atoms with Gasteiger partial charge in [-0.05, 0) is 48.6 Å². The Morgan fingerprint density at radius 3 is 2.81 bits per heavy atom. The third-order valence-electron chi connectivity index (χ3n) is 2.45. The minimum Gasteiger partial charge on any atom is -0.323 e. The second-order valence-corrected chi connectivity index (χ2v) is 4.84. The fourth-order valence-corrected chi connectivity index (χ4v) is 2.49. The van der Waals surface area contributed by atoms with Crippen LogP contribution in [0.4, 0.5) is 0 Å². The standard InChI is InChI=1S/C11H12IN3O/c1-6-4-3-5-8-14-10(7(2)13)9(12)11(16)15(6)8/h3-5,7H,13H2,1-2H3. The van der Waals surface area contributed by atoms with E-state index < -0.39 is 0 Å². The van der Waals surface area contributed by atoms with Gasteiger partial charge in [0.1, 0.15) is 9.22 Å². The summed E-state index contributed by atoms with van der Waals surface area (Å²) in [6.45, 7) is 3.72. The van der Waals surface area contributed by atoms with Crippen LogP contribution in [0, 0.1) is 10.5 Å². The summed E-state index contributed by atoms with van der Waals surface area (Å²) >= 11 is 2.01. The third-order valence-corrected chi connectivity index (χ3v) is 3.46. The molecule has 5 heteroatoms. The number of aryl methyl sites for hydroxylation is 1. The first-order chi connectivity index (χ1) is 7.52. The van der Waals surface area contributed by atoms with Crippen molar-refractivity contribution in [3.8, 4) is 0 Å². The lowest BCUT2D eigenvalue weighted by Gasteiger charge is -2.10. The van der Waals surface area contributed by atoms with Crippen molar-refractivity contribution in [1.29, 1.82) is 0 Å². The van der Waals surface area contributed by atoms with E-state index in [1.165, 1.54) is 0 Å². The van der Waals surface area contributed by atoms with Gasteiger partial charge in [0.15, 0.2) is 0 Å². The molecule has 1 atom stereocenters. The van der Waals surface area contributed by atoms with Crippen LogP contribution in [-0.4, -0.2) is 9.38 Å². The highest BCUT2D eigenvalue weighted by Gasteiger charge is 2.13. The molecular weight excluding hydrogens is 317 g/mol. The molecule has 0 aliphatic carbocycles. The molecule has 0 aromatic carbocycles. The van der Waals surface area contributed by atoms with E-state index in [2.05, 4.69) is 4.98 Å². The van der Waals surface area contributed by atoms with Gasteiger partial charge in [-0.1, -0.05) is 6.07 Å². The molecule has 0 bridgehead atoms. The van der Waals surface area contributed by atoms with Crippen LogP contribution in [0.15, 0.2) is 23.0 Å². The van der Waals surface area contributed by atoms with Crippen molar-refractivity contribution >= 4 is 28.2 Å². The fourth-order valence-electron chi connectivity index (χ4n) is 1.64. The number of hydrogen-bond donors (Lipinski definition) is 1. The number of nitrogens with two attached hydrogens (primary N) is 1. The average Bonchev–Trinajstić information content (AvgIpc) is 2.22. The Balaban J connectivity index is 2.95. The lowest BCUT2D eigenvalue weighted by atomic mass is 10.2. The van der Waals surface area contributed by atoms with Crippen LogP contribution in [-0.2, 0) is 0 Å². The van der Waals surface area contributed by atoms with Gasteiger partial charge < -0.3 is 5.73 Å². The number of fused-ring (bicyclic) bond motifs is 1. The Morgan fingerprint density at radius 2 is 2.19 bits per heavy atom. The number of pyridine rings is 1. The summed E-state index contributed by atoms with van der Waals surface area (Å²) in [5.41, 5.74) is 7.94. The molecule has 4 nitrogen and oxygen atoms in total. The summed E-state index contributed by atoms with van der Waals surface area (Å²) in [4.78, 5) is 16.6. The van der Waals surface area contributed by atoms with Gasteiger partial charge in [-0.25, -0.2) is 4.98 Å². The number of aromatic nitrogens is 2. The van der Waals surface area contributed by atoms with Crippen LogP contribution in [0.25, 0.3) is 5.65 Å². The van der Waals surface area contributed by atoms with E-state index in [0.29, 0.717) is 14.9 Å². The van der Waals surface area contributed by atoms with Gasteiger partial charge in [0.25, 0.3) is 5.56 Å². The van der Waals surface area contributed by atoms with Crippen molar-refractivity contribution in [2.75, 3.05) is 0 Å². The normalized spacial score (nSPS) is 13.0. The molecule has 2 heterocycles. The quantitative estimate of drug-likeness (QED) is 0.809. The minimum absolute atomic E-state index is 0.0454. The maximum absolute atomic E-state index is 12.1. The van der Waals surface area contributed by atoms with Crippen LogP contribution in [0.3, 0.4) is 0 Å². The van der Waals surface area contributed by atoms with Crippen LogP contribution in [0.2, 0.25) is 0 Å². The lowest BCUT2D eigenvalue weighted by molar-refractivity contribution is 0.762. The van der Waals surface area contributed by atoms with E-state index in [1.54, 1.807) is 4.40 Å². The maximum Gasteiger partial charge on any atom is 0.271 e. The molecule has 0 spiro atoms. The molecule has 0 amide bonds. The Labute approximate surface area is 107 Å². The fraction of sp³-hybridized carbons (Fsp3) is 0.273. The van der Waals surface area contributed by atoms with Gasteiger partial charge in [0.05, 0.1) is 5.69 Å². The van der Waals surface area contributed by atoms with Crippen molar-refractivity contribution in [1.82, 2.24) is 9.38 Å². The molecule has 16 heavy (non-hydrogen) atoms. The molecule has 0 fully saturated rings. The van der Waals surface area contributed by atoms with E-state index >= 15 is 0 Å². The predicted octanol–water partition coefficient (Wildman–Crippen LogP) is 1.63. The number of halogens is 1. The van der Waals surface area contributed by atoms with Gasteiger partial charge in [-0.3, -0.25) is 9.20 Å². The van der Waals surface area contributed by atoms with E-state index in [4.69, 9.17) is 5.73 Å². The topological polar surface area (TPSA) is 60.4 Å². The Hall–Kier alpha value is -0.950. The van der Waals surface area contributed by atoms with Gasteiger partial charge >= 0.3 is 0 Å². The van der Waals surface area contributed by atoms with Crippen molar-refractivity contribution in [2.45, 2.75) is 19.9 Å². The summed E-state index contributed by atoms with van der Waals surface area (Å²) in [6, 6.07) is 5.35. The minimum atomic E-state index is -0.231. The first kappa shape index (κ1) is 11.5. The van der Waals surface area contributed by atoms with E-state index in [-0.39, 0.29) is 11.6 Å². The van der Waals surface area contributed by atoms with Crippen LogP contribution in [0.5, 0.6) is 0 Å². The second kappa shape index (κ2) is 4.14. The van der Waals surface area contributed by atoms with E-state index in [0.717, 1.165) is 5.69 Å². The van der Waals surface area contributed by atoms with E-state index in [1.807, 2.05) is 54.6 Å². The first-order valence-electron chi connectivity index (χ1n) is 4.95. The zero-order chi connectivity index (χ0) is 11.9. The van der Waals surface area contributed by atoms with Gasteiger partial charge in [-0.2, -0.15) is 0 Å². The monoisotopic (exact) mass is 329 g/mol. The van der Waals surface area contributed by atoms with Gasteiger partial charge in [0, 0.05) is 11.7 Å². The van der Waals surface area contributed by atoms with E-state index in [9.17, 15) is 4.79 Å². The zero-order valence-electron chi connectivity index (χ0n) is 9.07. The molecule has 0 saturated carbocycles. The predicted molar refractivity (Wildman–Crippen MR) is 71.5 cm³/mol. The smallest absolute Gasteiger partial charge is 0.271 e. The van der Waals surface area contributed by atoms with Crippen molar-refractivity contribution in [3.63, 3.8) is 0 Å². The summed E-state index contributed by atoms with van der Waals surface area (Å²) in [6.07, 6.45) is 0. The largest absolute Gasteiger partial charge is 0.323 e. The Kier molecular flexibility index (Phi) is 2.98. The zero-order valence-corrected chi connectivity index (χ0v) is 11.2. The first-order valence-corrected chi connectivity index (χ1v) is 6.03. The summed E-state index contributed by atoms with van der Waals surface area (Å²) in [7, 11) is 0. The summed E-state index contributed by atoms with van der Waals surface area (Å²) in [5.74, 6) is 0. The third kappa shape index (κ3) is 1.73. The average molecular weight is 329 g/mol. The Bertz CT molecular complexity index is 604. The molecule has 0 saturated heterocycles. The molecular formula is C11H12IN3O. The Morgan fingerprint density at radius 1 is 1.50 bits per heavy atom. The second-order valence-electron chi connectivity index (χ2n) is 3.77. The summed E-state index contributed by atoms with van der Waals surface area (Å²) in [5, 5.41) is 0. The van der Waals surface area contributed by atoms with Crippen LogP contribution >= 0.6 is 22.6 Å². The molecule has 1 unspecified atom stereocenters. The maximum atomic E-state index is 12.1. The van der Waals surface area contributed by atoms with Crippen LogP contribution in [0.1, 0.15) is 24.4 Å². The lowest BCUT2D eigenvalue weighted by Crippen LogP contribution is -2.24. The SMILES string of the molecule is Cc1cccc2nc(C(C)N)c(I)c(=O)n12. The van der Waals surface area contributed by atoms with Crippen molar-refractivity contribution < 1.29 is 0 Å². The highest BCUT2D eigenvalue weighted by atomic mass is 127. The molecule has 2 aromatic heterocycles. The molecule has 0 aliphatic rings. The highest BCUT2D eigenvalue weighted by molar-refractivity contribution is 14.1. The van der Waals surface area contributed by atoms with Crippen molar-refractivity contribution in [2.24, 2.45) is 5.73 Å². The van der Waals surface area contributed by atoms with Gasteiger partial charge in [0.2, 0.25) is 0 Å². The molecule has 2 aromatic rings. The molecule has 2 N–H and O–H groups in total. The molecule has 2 rings (SSSR count). The summed E-state index contributed by atoms with van der Waals surface area (Å²) < 4.78 is 2.20. The molecule has 0 aliphatic heterocycles. The number of rotatable bonds is 1. The highest BCUT2D eigenvalue weighted by Crippen LogP contribution is 2.14. The van der Waals surface area contributed by atoms with Gasteiger partial charge in [-0.15, -0.1) is 0 Å². The van der Waals surface area contributed by atoms with Crippen LogP contribution < -0.4 is 11.3 Å². The van der Waals surface area contributed by atoms with Crippen molar-refractivity contribution in [3.05, 3.63) is 43.5 Å². The molecule has 0 radical (unpaired) electrons. The number of nitrogens with zero attached hydrogens (tertiary/aromatic N) is 2. The molecule has 84 valence electrons.